The molecule has 0 radical (unpaired) electrons. The first-order valence-electron chi connectivity index (χ1n) is 5.53. The van der Waals surface area contributed by atoms with Gasteiger partial charge in [-0.2, -0.15) is 0 Å². The van der Waals surface area contributed by atoms with E-state index in [0.29, 0.717) is 19.3 Å². The minimum atomic E-state index is -0.445. The third-order valence-electron chi connectivity index (χ3n) is 2.00. The summed E-state index contributed by atoms with van der Waals surface area (Å²) < 4.78 is 9.72. The minimum absolute atomic E-state index is 0.133. The molecule has 0 amide bonds. The lowest BCUT2D eigenvalue weighted by molar-refractivity contribution is -0.156. The van der Waals surface area contributed by atoms with Crippen molar-refractivity contribution >= 4 is 11.9 Å². The van der Waals surface area contributed by atoms with Gasteiger partial charge in [0.25, 0.3) is 0 Å². The van der Waals surface area contributed by atoms with Crippen LogP contribution >= 0.6 is 0 Å². The maximum atomic E-state index is 11.4. The fraction of sp³-hybridized carbons (Fsp3) is 0.833. The molecule has 0 N–H and O–H groups in total. The molecule has 0 aromatic carbocycles. The lowest BCUT2D eigenvalue weighted by atomic mass is 10.0. The lowest BCUT2D eigenvalue weighted by Crippen LogP contribution is -2.25. The van der Waals surface area contributed by atoms with E-state index in [0.717, 1.165) is 0 Å². The SMILES string of the molecule is COC(=O)CC[C@H](C)CC(=O)OC(C)(C)C. The van der Waals surface area contributed by atoms with Crippen LogP contribution in [-0.2, 0) is 19.1 Å². The number of hydrogen-bond donors (Lipinski definition) is 0. The molecule has 0 aliphatic carbocycles. The van der Waals surface area contributed by atoms with Gasteiger partial charge in [-0.05, 0) is 33.1 Å². The Morgan fingerprint density at radius 3 is 2.19 bits per heavy atom. The maximum absolute atomic E-state index is 11.4. The van der Waals surface area contributed by atoms with E-state index >= 15 is 0 Å². The van der Waals surface area contributed by atoms with Crippen molar-refractivity contribution in [3.63, 3.8) is 0 Å². The fourth-order valence-electron chi connectivity index (χ4n) is 1.24. The molecule has 4 nitrogen and oxygen atoms in total. The predicted molar refractivity (Wildman–Crippen MR) is 60.9 cm³/mol. The highest BCUT2D eigenvalue weighted by atomic mass is 16.6. The van der Waals surface area contributed by atoms with E-state index < -0.39 is 5.60 Å². The van der Waals surface area contributed by atoms with Gasteiger partial charge in [-0.1, -0.05) is 6.92 Å². The molecule has 0 aromatic rings. The zero-order valence-electron chi connectivity index (χ0n) is 10.8. The van der Waals surface area contributed by atoms with Gasteiger partial charge in [0, 0.05) is 12.8 Å². The molecule has 0 saturated carbocycles. The molecule has 0 fully saturated rings. The molecule has 4 heteroatoms. The lowest BCUT2D eigenvalue weighted by Gasteiger charge is -2.20. The Bertz CT molecular complexity index is 240. The first-order chi connectivity index (χ1) is 7.24. The second-order valence-corrected chi connectivity index (χ2v) is 5.01. The Balaban J connectivity index is 3.83. The summed E-state index contributed by atoms with van der Waals surface area (Å²) in [4.78, 5) is 22.3. The highest BCUT2D eigenvalue weighted by molar-refractivity contribution is 5.71. The molecule has 0 rings (SSSR count). The van der Waals surface area contributed by atoms with Crippen molar-refractivity contribution in [2.45, 2.75) is 52.6 Å². The zero-order valence-corrected chi connectivity index (χ0v) is 10.8. The van der Waals surface area contributed by atoms with Crippen molar-refractivity contribution in [1.29, 1.82) is 0 Å². The zero-order chi connectivity index (χ0) is 12.8. The normalized spacial score (nSPS) is 13.1. The van der Waals surface area contributed by atoms with Gasteiger partial charge in [0.2, 0.25) is 0 Å². The highest BCUT2D eigenvalue weighted by Gasteiger charge is 2.18. The van der Waals surface area contributed by atoms with Crippen molar-refractivity contribution in [1.82, 2.24) is 0 Å². The summed E-state index contributed by atoms with van der Waals surface area (Å²) >= 11 is 0. The molecule has 94 valence electrons. The van der Waals surface area contributed by atoms with Crippen LogP contribution in [0.5, 0.6) is 0 Å². The first-order valence-corrected chi connectivity index (χ1v) is 5.53. The molecule has 0 unspecified atom stereocenters. The second-order valence-electron chi connectivity index (χ2n) is 5.01. The number of carbonyl (C=O) groups excluding carboxylic acids is 2. The number of hydrogen-bond acceptors (Lipinski definition) is 4. The van der Waals surface area contributed by atoms with Crippen LogP contribution in [0.15, 0.2) is 0 Å². The third kappa shape index (κ3) is 8.26. The van der Waals surface area contributed by atoms with Gasteiger partial charge >= 0.3 is 11.9 Å². The predicted octanol–water partition coefficient (Wildman–Crippen LogP) is 2.31. The summed E-state index contributed by atoms with van der Waals surface area (Å²) in [7, 11) is 1.36. The molecular weight excluding hydrogens is 208 g/mol. The van der Waals surface area contributed by atoms with Crippen molar-refractivity contribution in [2.24, 2.45) is 5.92 Å². The Morgan fingerprint density at radius 1 is 1.19 bits per heavy atom. The number of esters is 2. The third-order valence-corrected chi connectivity index (χ3v) is 2.00. The molecule has 0 bridgehead atoms. The number of carbonyl (C=O) groups is 2. The summed E-state index contributed by atoms with van der Waals surface area (Å²) in [5.74, 6) is -0.324. The van der Waals surface area contributed by atoms with Gasteiger partial charge in [0.1, 0.15) is 5.60 Å². The van der Waals surface area contributed by atoms with E-state index in [2.05, 4.69) is 4.74 Å². The van der Waals surface area contributed by atoms with E-state index in [9.17, 15) is 9.59 Å². The molecule has 0 saturated heterocycles. The molecular formula is C12H22O4. The van der Waals surface area contributed by atoms with Crippen LogP contribution in [0.3, 0.4) is 0 Å². The fourth-order valence-corrected chi connectivity index (χ4v) is 1.24. The van der Waals surface area contributed by atoms with Gasteiger partial charge in [0.05, 0.1) is 7.11 Å². The standard InChI is InChI=1S/C12H22O4/c1-9(6-7-10(13)15-5)8-11(14)16-12(2,3)4/h9H,6-8H2,1-5H3/t9-/m0/s1. The molecule has 0 aromatic heterocycles. The summed E-state index contributed by atoms with van der Waals surface area (Å²) in [5.41, 5.74) is -0.445. The topological polar surface area (TPSA) is 52.6 Å². The Hall–Kier alpha value is -1.06. The number of rotatable bonds is 5. The first kappa shape index (κ1) is 14.9. The van der Waals surface area contributed by atoms with E-state index in [1.807, 2.05) is 27.7 Å². The Morgan fingerprint density at radius 2 is 1.75 bits per heavy atom. The van der Waals surface area contributed by atoms with E-state index in [4.69, 9.17) is 4.74 Å². The molecule has 16 heavy (non-hydrogen) atoms. The minimum Gasteiger partial charge on any atom is -0.469 e. The molecule has 0 aliphatic heterocycles. The number of methoxy groups -OCH3 is 1. The molecule has 0 heterocycles. The summed E-state index contributed by atoms with van der Waals surface area (Å²) in [6, 6.07) is 0. The van der Waals surface area contributed by atoms with Crippen LogP contribution < -0.4 is 0 Å². The number of ether oxygens (including phenoxy) is 2. The van der Waals surface area contributed by atoms with Crippen LogP contribution in [-0.4, -0.2) is 24.6 Å². The van der Waals surface area contributed by atoms with Crippen LogP contribution in [0.4, 0.5) is 0 Å². The second kappa shape index (κ2) is 6.51. The van der Waals surface area contributed by atoms with Crippen molar-refractivity contribution in [3.8, 4) is 0 Å². The van der Waals surface area contributed by atoms with Crippen LogP contribution in [0, 0.1) is 5.92 Å². The Labute approximate surface area is 97.3 Å². The van der Waals surface area contributed by atoms with Crippen LogP contribution in [0.25, 0.3) is 0 Å². The summed E-state index contributed by atoms with van der Waals surface area (Å²) in [6.45, 7) is 7.44. The van der Waals surface area contributed by atoms with Crippen molar-refractivity contribution in [3.05, 3.63) is 0 Å². The quantitative estimate of drug-likeness (QED) is 0.680. The average Bonchev–Trinajstić information content (AvgIpc) is 2.10. The van der Waals surface area contributed by atoms with Crippen LogP contribution in [0.2, 0.25) is 0 Å². The summed E-state index contributed by atoms with van der Waals surface area (Å²) in [6.07, 6.45) is 1.33. The van der Waals surface area contributed by atoms with E-state index in [-0.39, 0.29) is 17.9 Å². The maximum Gasteiger partial charge on any atom is 0.306 e. The summed E-state index contributed by atoms with van der Waals surface area (Å²) in [5, 5.41) is 0. The van der Waals surface area contributed by atoms with Gasteiger partial charge < -0.3 is 9.47 Å². The highest BCUT2D eigenvalue weighted by Crippen LogP contribution is 2.15. The van der Waals surface area contributed by atoms with E-state index in [1.165, 1.54) is 7.11 Å². The van der Waals surface area contributed by atoms with Crippen molar-refractivity contribution in [2.75, 3.05) is 7.11 Å². The molecule has 0 aliphatic rings. The van der Waals surface area contributed by atoms with Gasteiger partial charge in [-0.15, -0.1) is 0 Å². The Kier molecular flexibility index (Phi) is 6.08. The average molecular weight is 230 g/mol. The van der Waals surface area contributed by atoms with Crippen molar-refractivity contribution < 1.29 is 19.1 Å². The van der Waals surface area contributed by atoms with Gasteiger partial charge in [-0.25, -0.2) is 0 Å². The van der Waals surface area contributed by atoms with Crippen LogP contribution in [0.1, 0.15) is 47.0 Å². The van der Waals surface area contributed by atoms with Gasteiger partial charge in [0.15, 0.2) is 0 Å². The van der Waals surface area contributed by atoms with Gasteiger partial charge in [-0.3, -0.25) is 9.59 Å². The monoisotopic (exact) mass is 230 g/mol. The van der Waals surface area contributed by atoms with E-state index in [1.54, 1.807) is 0 Å². The molecule has 1 atom stereocenters. The molecule has 0 spiro atoms. The largest absolute Gasteiger partial charge is 0.469 e. The smallest absolute Gasteiger partial charge is 0.306 e.